The highest BCUT2D eigenvalue weighted by Gasteiger charge is 2.25. The lowest BCUT2D eigenvalue weighted by Gasteiger charge is -2.20. The zero-order chi connectivity index (χ0) is 18.6. The zero-order valence-corrected chi connectivity index (χ0v) is 15.9. The average Bonchev–Trinajstić information content (AvgIpc) is 2.58. The summed E-state index contributed by atoms with van der Waals surface area (Å²) in [6.45, 7) is 5.96. The fourth-order valence-corrected chi connectivity index (χ4v) is 4.21. The summed E-state index contributed by atoms with van der Waals surface area (Å²) in [5.41, 5.74) is 0.751. The van der Waals surface area contributed by atoms with E-state index in [4.69, 9.17) is 16.3 Å². The van der Waals surface area contributed by atoms with Crippen molar-refractivity contribution in [2.45, 2.75) is 25.7 Å². The van der Waals surface area contributed by atoms with Gasteiger partial charge in [0.15, 0.2) is 0 Å². The smallest absolute Gasteiger partial charge is 0.343 e. The van der Waals surface area contributed by atoms with Crippen molar-refractivity contribution in [1.29, 1.82) is 0 Å². The first-order valence-electron chi connectivity index (χ1n) is 7.88. The first-order valence-corrected chi connectivity index (χ1v) is 9.70. The van der Waals surface area contributed by atoms with Gasteiger partial charge in [-0.25, -0.2) is 13.2 Å². The van der Waals surface area contributed by atoms with Crippen LogP contribution in [0, 0.1) is 6.92 Å². The van der Waals surface area contributed by atoms with Crippen LogP contribution in [0.1, 0.15) is 29.8 Å². The molecule has 0 N–H and O–H groups in total. The van der Waals surface area contributed by atoms with Gasteiger partial charge < -0.3 is 4.74 Å². The van der Waals surface area contributed by atoms with Gasteiger partial charge in [-0.15, -0.1) is 0 Å². The topological polar surface area (TPSA) is 63.7 Å². The number of esters is 1. The number of nitrogens with zero attached hydrogens (tertiary/aromatic N) is 1. The third-order valence-electron chi connectivity index (χ3n) is 3.77. The normalized spacial score (nSPS) is 11.6. The highest BCUT2D eigenvalue weighted by molar-refractivity contribution is 7.89. The minimum atomic E-state index is -3.66. The molecule has 0 bridgehead atoms. The van der Waals surface area contributed by atoms with Gasteiger partial charge in [-0.1, -0.05) is 31.5 Å². The summed E-state index contributed by atoms with van der Waals surface area (Å²) in [5, 5.41) is 0.530. The SMILES string of the molecule is CCN(CC)S(=O)(=O)c1cc(C(=O)Oc2ccc(Cl)cc2)ccc1C. The predicted octanol–water partition coefficient (Wildman–Crippen LogP) is 3.90. The Balaban J connectivity index is 2.35. The molecule has 0 fully saturated rings. The fourth-order valence-electron chi connectivity index (χ4n) is 2.38. The number of benzene rings is 2. The van der Waals surface area contributed by atoms with Gasteiger partial charge >= 0.3 is 5.97 Å². The summed E-state index contributed by atoms with van der Waals surface area (Å²) in [6, 6.07) is 10.9. The van der Waals surface area contributed by atoms with E-state index in [9.17, 15) is 13.2 Å². The molecule has 0 aliphatic rings. The van der Waals surface area contributed by atoms with Gasteiger partial charge in [0.25, 0.3) is 0 Å². The number of sulfonamides is 1. The molecule has 2 aromatic carbocycles. The van der Waals surface area contributed by atoms with Crippen LogP contribution in [0.5, 0.6) is 5.75 Å². The van der Waals surface area contributed by atoms with Crippen molar-refractivity contribution in [2.24, 2.45) is 0 Å². The maximum atomic E-state index is 12.7. The Morgan fingerprint density at radius 2 is 1.68 bits per heavy atom. The molecule has 25 heavy (non-hydrogen) atoms. The molecule has 0 aromatic heterocycles. The number of carbonyl (C=O) groups is 1. The summed E-state index contributed by atoms with van der Waals surface area (Å²) in [6.07, 6.45) is 0. The van der Waals surface area contributed by atoms with E-state index in [1.807, 2.05) is 0 Å². The maximum absolute atomic E-state index is 12.7. The maximum Gasteiger partial charge on any atom is 0.343 e. The van der Waals surface area contributed by atoms with E-state index in [0.717, 1.165) is 0 Å². The highest BCUT2D eigenvalue weighted by Crippen LogP contribution is 2.23. The molecular weight excluding hydrogens is 362 g/mol. The molecule has 0 unspecified atom stereocenters. The van der Waals surface area contributed by atoms with Gasteiger partial charge in [0, 0.05) is 18.1 Å². The Bertz CT molecular complexity index is 859. The molecule has 0 heterocycles. The second-order valence-corrected chi connectivity index (χ2v) is 7.76. The van der Waals surface area contributed by atoms with Crippen molar-refractivity contribution in [3.05, 3.63) is 58.6 Å². The Kier molecular flexibility index (Phi) is 6.21. The lowest BCUT2D eigenvalue weighted by molar-refractivity contribution is 0.0734. The van der Waals surface area contributed by atoms with Crippen molar-refractivity contribution in [3.8, 4) is 5.75 Å². The molecule has 0 atom stereocenters. The Morgan fingerprint density at radius 1 is 1.08 bits per heavy atom. The summed E-state index contributed by atoms with van der Waals surface area (Å²) in [4.78, 5) is 12.4. The number of aryl methyl sites for hydroxylation is 1. The van der Waals surface area contributed by atoms with Gasteiger partial charge in [-0.2, -0.15) is 4.31 Å². The van der Waals surface area contributed by atoms with Crippen molar-refractivity contribution in [3.63, 3.8) is 0 Å². The molecular formula is C18H20ClNO4S. The number of hydrogen-bond donors (Lipinski definition) is 0. The zero-order valence-electron chi connectivity index (χ0n) is 14.3. The predicted molar refractivity (Wildman–Crippen MR) is 97.7 cm³/mol. The lowest BCUT2D eigenvalue weighted by atomic mass is 10.1. The molecule has 0 aliphatic heterocycles. The Morgan fingerprint density at radius 3 is 2.24 bits per heavy atom. The molecule has 5 nitrogen and oxygen atoms in total. The number of ether oxygens (including phenoxy) is 1. The molecule has 0 saturated heterocycles. The minimum absolute atomic E-state index is 0.113. The Labute approximate surface area is 153 Å². The van der Waals surface area contributed by atoms with E-state index >= 15 is 0 Å². The summed E-state index contributed by atoms with van der Waals surface area (Å²) in [5.74, 6) is -0.290. The second kappa shape index (κ2) is 7.99. The van der Waals surface area contributed by atoms with Crippen LogP contribution >= 0.6 is 11.6 Å². The van der Waals surface area contributed by atoms with Crippen LogP contribution in [-0.2, 0) is 10.0 Å². The average molecular weight is 382 g/mol. The van der Waals surface area contributed by atoms with Gasteiger partial charge in [0.1, 0.15) is 5.75 Å². The molecule has 0 saturated carbocycles. The van der Waals surface area contributed by atoms with Crippen molar-refractivity contribution in [2.75, 3.05) is 13.1 Å². The molecule has 7 heteroatoms. The third kappa shape index (κ3) is 4.39. The minimum Gasteiger partial charge on any atom is -0.423 e. The lowest BCUT2D eigenvalue weighted by Crippen LogP contribution is -2.31. The molecule has 0 spiro atoms. The standard InChI is InChI=1S/C18H20ClNO4S/c1-4-20(5-2)25(22,23)17-12-14(7-6-13(17)3)18(21)24-16-10-8-15(19)9-11-16/h6-12H,4-5H2,1-3H3. The van der Waals surface area contributed by atoms with E-state index in [2.05, 4.69) is 0 Å². The number of hydrogen-bond acceptors (Lipinski definition) is 4. The van der Waals surface area contributed by atoms with Crippen molar-refractivity contribution >= 4 is 27.6 Å². The van der Waals surface area contributed by atoms with Gasteiger partial charge in [0.05, 0.1) is 10.5 Å². The summed E-state index contributed by atoms with van der Waals surface area (Å²) >= 11 is 5.80. The van der Waals surface area contributed by atoms with Gasteiger partial charge in [-0.3, -0.25) is 0 Å². The van der Waals surface area contributed by atoms with Crippen LogP contribution < -0.4 is 4.74 Å². The van der Waals surface area contributed by atoms with Crippen LogP contribution in [0.25, 0.3) is 0 Å². The van der Waals surface area contributed by atoms with Crippen molar-refractivity contribution < 1.29 is 17.9 Å². The second-order valence-electron chi connectivity index (χ2n) is 5.41. The summed E-state index contributed by atoms with van der Waals surface area (Å²) in [7, 11) is -3.66. The largest absolute Gasteiger partial charge is 0.423 e. The van der Waals surface area contributed by atoms with E-state index in [1.54, 1.807) is 57.2 Å². The number of rotatable bonds is 6. The van der Waals surface area contributed by atoms with Gasteiger partial charge in [0.2, 0.25) is 10.0 Å². The van der Waals surface area contributed by atoms with E-state index in [-0.39, 0.29) is 10.5 Å². The van der Waals surface area contributed by atoms with Gasteiger partial charge in [-0.05, 0) is 48.9 Å². The fraction of sp³-hybridized carbons (Fsp3) is 0.278. The molecule has 0 amide bonds. The molecule has 134 valence electrons. The third-order valence-corrected chi connectivity index (χ3v) is 6.22. The summed E-state index contributed by atoms with van der Waals surface area (Å²) < 4.78 is 32.1. The van der Waals surface area contributed by atoms with E-state index in [1.165, 1.54) is 10.4 Å². The van der Waals surface area contributed by atoms with E-state index in [0.29, 0.717) is 29.4 Å². The first-order chi connectivity index (χ1) is 11.8. The number of carbonyl (C=O) groups excluding carboxylic acids is 1. The molecule has 0 aliphatic carbocycles. The highest BCUT2D eigenvalue weighted by atomic mass is 35.5. The first kappa shape index (κ1) is 19.4. The molecule has 2 rings (SSSR count). The van der Waals surface area contributed by atoms with Crippen LogP contribution in [-0.4, -0.2) is 31.8 Å². The van der Waals surface area contributed by atoms with E-state index < -0.39 is 16.0 Å². The van der Waals surface area contributed by atoms with Crippen LogP contribution in [0.2, 0.25) is 5.02 Å². The molecule has 2 aromatic rings. The molecule has 0 radical (unpaired) electrons. The van der Waals surface area contributed by atoms with Crippen LogP contribution in [0.4, 0.5) is 0 Å². The quantitative estimate of drug-likeness (QED) is 0.562. The van der Waals surface area contributed by atoms with Crippen LogP contribution in [0.15, 0.2) is 47.4 Å². The number of halogens is 1. The Hall–Kier alpha value is -1.89. The van der Waals surface area contributed by atoms with Crippen LogP contribution in [0.3, 0.4) is 0 Å². The monoisotopic (exact) mass is 381 g/mol. The van der Waals surface area contributed by atoms with Crippen molar-refractivity contribution in [1.82, 2.24) is 4.31 Å².